The fourth-order valence-corrected chi connectivity index (χ4v) is 1.89. The van der Waals surface area contributed by atoms with Crippen LogP contribution in [0, 0.1) is 5.82 Å². The molecule has 1 aromatic heterocycles. The number of hydrogen-bond acceptors (Lipinski definition) is 6. The zero-order valence-electron chi connectivity index (χ0n) is 10.7. The molecule has 6 nitrogen and oxygen atoms in total. The lowest BCUT2D eigenvalue weighted by atomic mass is 10.3. The third kappa shape index (κ3) is 2.94. The molecule has 106 valence electrons. The Morgan fingerprint density at radius 3 is 3.10 bits per heavy atom. The van der Waals surface area contributed by atoms with Gasteiger partial charge in [0.1, 0.15) is 6.10 Å². The van der Waals surface area contributed by atoms with Crippen molar-refractivity contribution >= 4 is 0 Å². The molecule has 0 spiro atoms. The first-order valence-corrected chi connectivity index (χ1v) is 6.35. The number of para-hydroxylation sites is 1. The molecular formula is C13H14FN3O3. The monoisotopic (exact) mass is 279 g/mol. The SMILES string of the molecule is Fc1ccccc1OCc1noc(C2CNCCO2)n1. The van der Waals surface area contributed by atoms with Crippen LogP contribution in [0.3, 0.4) is 0 Å². The van der Waals surface area contributed by atoms with E-state index in [1.54, 1.807) is 18.2 Å². The van der Waals surface area contributed by atoms with Crippen molar-refractivity contribution in [3.05, 3.63) is 41.8 Å². The van der Waals surface area contributed by atoms with E-state index in [4.69, 9.17) is 14.0 Å². The van der Waals surface area contributed by atoms with E-state index in [-0.39, 0.29) is 18.5 Å². The Kier molecular flexibility index (Phi) is 3.89. The Morgan fingerprint density at radius 2 is 2.30 bits per heavy atom. The van der Waals surface area contributed by atoms with E-state index in [9.17, 15) is 4.39 Å². The zero-order valence-corrected chi connectivity index (χ0v) is 10.7. The number of ether oxygens (including phenoxy) is 2. The van der Waals surface area contributed by atoms with Crippen LogP contribution in [0.25, 0.3) is 0 Å². The normalized spacial score (nSPS) is 18.9. The van der Waals surface area contributed by atoms with E-state index in [0.29, 0.717) is 24.9 Å². The van der Waals surface area contributed by atoms with E-state index in [0.717, 1.165) is 6.54 Å². The summed E-state index contributed by atoms with van der Waals surface area (Å²) in [4.78, 5) is 4.19. The van der Waals surface area contributed by atoms with Crippen molar-refractivity contribution in [2.24, 2.45) is 0 Å². The van der Waals surface area contributed by atoms with Crippen molar-refractivity contribution < 1.29 is 18.4 Å². The van der Waals surface area contributed by atoms with Crippen LogP contribution < -0.4 is 10.1 Å². The van der Waals surface area contributed by atoms with Gasteiger partial charge in [-0.2, -0.15) is 4.98 Å². The molecular weight excluding hydrogens is 265 g/mol. The minimum absolute atomic E-state index is 0.0462. The molecule has 1 aromatic carbocycles. The van der Waals surface area contributed by atoms with E-state index in [2.05, 4.69) is 15.5 Å². The van der Waals surface area contributed by atoms with Crippen molar-refractivity contribution in [1.29, 1.82) is 0 Å². The van der Waals surface area contributed by atoms with Crippen molar-refractivity contribution in [3.8, 4) is 5.75 Å². The van der Waals surface area contributed by atoms with Crippen molar-refractivity contribution in [3.63, 3.8) is 0 Å². The smallest absolute Gasteiger partial charge is 0.257 e. The van der Waals surface area contributed by atoms with Crippen LogP contribution in [0.5, 0.6) is 5.75 Å². The van der Waals surface area contributed by atoms with Crippen LogP contribution in [0.2, 0.25) is 0 Å². The average molecular weight is 279 g/mol. The molecule has 1 saturated heterocycles. The standard InChI is InChI=1S/C13H14FN3O3/c14-9-3-1-2-4-10(9)19-8-12-16-13(20-17-12)11-7-15-5-6-18-11/h1-4,11,15H,5-8H2. The van der Waals surface area contributed by atoms with Crippen LogP contribution in [0.15, 0.2) is 28.8 Å². The fraction of sp³-hybridized carbons (Fsp3) is 0.385. The Labute approximate surface area is 114 Å². The van der Waals surface area contributed by atoms with Gasteiger partial charge in [0.25, 0.3) is 5.89 Å². The molecule has 3 rings (SSSR count). The average Bonchev–Trinajstić information content (AvgIpc) is 2.96. The van der Waals surface area contributed by atoms with E-state index in [1.165, 1.54) is 6.07 Å². The van der Waals surface area contributed by atoms with Crippen molar-refractivity contribution in [2.45, 2.75) is 12.7 Å². The number of aromatic nitrogens is 2. The van der Waals surface area contributed by atoms with Gasteiger partial charge in [-0.25, -0.2) is 4.39 Å². The number of hydrogen-bond donors (Lipinski definition) is 1. The number of benzene rings is 1. The summed E-state index contributed by atoms with van der Waals surface area (Å²) in [6.45, 7) is 2.10. The topological polar surface area (TPSA) is 69.4 Å². The summed E-state index contributed by atoms with van der Waals surface area (Å²) in [7, 11) is 0. The highest BCUT2D eigenvalue weighted by Gasteiger charge is 2.22. The Balaban J connectivity index is 1.61. The zero-order chi connectivity index (χ0) is 13.8. The molecule has 1 aliphatic heterocycles. The maximum Gasteiger partial charge on any atom is 0.257 e. The second-order valence-electron chi connectivity index (χ2n) is 4.33. The predicted molar refractivity (Wildman–Crippen MR) is 66.6 cm³/mol. The van der Waals surface area contributed by atoms with Gasteiger partial charge in [-0.05, 0) is 12.1 Å². The lowest BCUT2D eigenvalue weighted by Crippen LogP contribution is -2.33. The Hall–Kier alpha value is -1.99. The van der Waals surface area contributed by atoms with Crippen molar-refractivity contribution in [1.82, 2.24) is 15.5 Å². The second-order valence-corrected chi connectivity index (χ2v) is 4.33. The first-order valence-electron chi connectivity index (χ1n) is 6.35. The maximum absolute atomic E-state index is 13.4. The summed E-state index contributed by atoms with van der Waals surface area (Å²) >= 11 is 0. The lowest BCUT2D eigenvalue weighted by molar-refractivity contribution is 0.00755. The number of nitrogens with zero attached hydrogens (tertiary/aromatic N) is 2. The van der Waals surface area contributed by atoms with Gasteiger partial charge < -0.3 is 19.3 Å². The molecule has 0 bridgehead atoms. The highest BCUT2D eigenvalue weighted by Crippen LogP contribution is 2.19. The summed E-state index contributed by atoms with van der Waals surface area (Å²) < 4.78 is 29.3. The van der Waals surface area contributed by atoms with Gasteiger partial charge in [-0.3, -0.25) is 0 Å². The number of nitrogens with one attached hydrogen (secondary N) is 1. The molecule has 1 N–H and O–H groups in total. The first-order chi connectivity index (χ1) is 9.83. The number of halogens is 1. The Bertz CT molecular complexity index is 569. The first kappa shape index (κ1) is 13.0. The third-order valence-electron chi connectivity index (χ3n) is 2.88. The summed E-state index contributed by atoms with van der Waals surface area (Å²) in [5.74, 6) is 0.507. The maximum atomic E-state index is 13.4. The van der Waals surface area contributed by atoms with Crippen LogP contribution in [-0.2, 0) is 11.3 Å². The van der Waals surface area contributed by atoms with E-state index >= 15 is 0 Å². The van der Waals surface area contributed by atoms with Gasteiger partial charge in [-0.1, -0.05) is 17.3 Å². The minimum atomic E-state index is -0.420. The molecule has 20 heavy (non-hydrogen) atoms. The van der Waals surface area contributed by atoms with Gasteiger partial charge in [0.05, 0.1) is 6.61 Å². The van der Waals surface area contributed by atoms with Crippen LogP contribution in [0.4, 0.5) is 4.39 Å². The minimum Gasteiger partial charge on any atom is -0.482 e. The summed E-state index contributed by atoms with van der Waals surface area (Å²) in [5, 5.41) is 6.97. The molecule has 2 aromatic rings. The van der Waals surface area contributed by atoms with E-state index in [1.807, 2.05) is 0 Å². The summed E-state index contributed by atoms with van der Waals surface area (Å²) in [6, 6.07) is 6.17. The highest BCUT2D eigenvalue weighted by molar-refractivity contribution is 5.23. The van der Waals surface area contributed by atoms with Gasteiger partial charge in [-0.15, -0.1) is 0 Å². The highest BCUT2D eigenvalue weighted by atomic mass is 19.1. The van der Waals surface area contributed by atoms with Gasteiger partial charge in [0.15, 0.2) is 18.2 Å². The molecule has 0 saturated carbocycles. The van der Waals surface area contributed by atoms with Crippen molar-refractivity contribution in [2.75, 3.05) is 19.7 Å². The molecule has 2 heterocycles. The van der Waals surface area contributed by atoms with Gasteiger partial charge >= 0.3 is 0 Å². The number of morpholine rings is 1. The Morgan fingerprint density at radius 1 is 1.40 bits per heavy atom. The molecule has 7 heteroatoms. The summed E-state index contributed by atoms with van der Waals surface area (Å²) in [5.41, 5.74) is 0. The molecule has 1 aliphatic rings. The lowest BCUT2D eigenvalue weighted by Gasteiger charge is -2.19. The predicted octanol–water partition coefficient (Wildman–Crippen LogP) is 1.45. The van der Waals surface area contributed by atoms with Crippen LogP contribution in [0.1, 0.15) is 17.8 Å². The van der Waals surface area contributed by atoms with Gasteiger partial charge in [0.2, 0.25) is 5.82 Å². The summed E-state index contributed by atoms with van der Waals surface area (Å²) in [6.07, 6.45) is -0.238. The van der Waals surface area contributed by atoms with Gasteiger partial charge in [0, 0.05) is 13.1 Å². The largest absolute Gasteiger partial charge is 0.482 e. The van der Waals surface area contributed by atoms with Crippen LogP contribution in [-0.4, -0.2) is 29.8 Å². The molecule has 1 unspecified atom stereocenters. The molecule has 1 atom stereocenters. The molecule has 0 aliphatic carbocycles. The molecule has 0 amide bonds. The second kappa shape index (κ2) is 5.98. The quantitative estimate of drug-likeness (QED) is 0.913. The van der Waals surface area contributed by atoms with E-state index < -0.39 is 5.82 Å². The fourth-order valence-electron chi connectivity index (χ4n) is 1.89. The number of rotatable bonds is 4. The molecule has 0 radical (unpaired) electrons. The molecule has 1 fully saturated rings. The van der Waals surface area contributed by atoms with Crippen LogP contribution >= 0.6 is 0 Å². The third-order valence-corrected chi connectivity index (χ3v) is 2.88.